The molecule has 1 aromatic carbocycles. The molecule has 7 heteroatoms. The number of rotatable bonds is 5. The summed E-state index contributed by atoms with van der Waals surface area (Å²) in [6, 6.07) is 9.39. The van der Waals surface area contributed by atoms with Gasteiger partial charge in [0.15, 0.2) is 5.65 Å². The summed E-state index contributed by atoms with van der Waals surface area (Å²) in [5.74, 6) is 1.54. The van der Waals surface area contributed by atoms with Gasteiger partial charge in [-0.1, -0.05) is 35.7 Å². The molecule has 2 N–H and O–H groups in total. The Balaban J connectivity index is 1.97. The van der Waals surface area contributed by atoms with Crippen LogP contribution in [0.1, 0.15) is 32.0 Å². The van der Waals surface area contributed by atoms with E-state index in [1.807, 2.05) is 31.2 Å². The van der Waals surface area contributed by atoms with Gasteiger partial charge in [0.05, 0.1) is 12.7 Å². The average molecular weight is 347 g/mol. The highest BCUT2D eigenvalue weighted by atomic mass is 16.2. The van der Waals surface area contributed by atoms with Crippen molar-refractivity contribution in [2.45, 2.75) is 13.5 Å². The van der Waals surface area contributed by atoms with Crippen LogP contribution in [0, 0.1) is 19.3 Å². The van der Waals surface area contributed by atoms with Gasteiger partial charge < -0.3 is 10.6 Å². The molecule has 0 aliphatic carbocycles. The van der Waals surface area contributed by atoms with Crippen molar-refractivity contribution < 1.29 is 9.59 Å². The predicted molar refractivity (Wildman–Crippen MR) is 96.3 cm³/mol. The molecule has 2 amide bonds. The molecule has 2 aromatic heterocycles. The molecule has 0 bridgehead atoms. The zero-order chi connectivity index (χ0) is 18.7. The Kier molecular flexibility index (Phi) is 4.67. The van der Waals surface area contributed by atoms with Crippen LogP contribution in [0.3, 0.4) is 0 Å². The molecular formula is C19H17N5O2. The molecule has 3 aromatic rings. The first-order valence-electron chi connectivity index (χ1n) is 7.92. The van der Waals surface area contributed by atoms with E-state index in [1.165, 1.54) is 27.9 Å². The van der Waals surface area contributed by atoms with Crippen LogP contribution in [0.25, 0.3) is 5.65 Å². The number of amides is 2. The van der Waals surface area contributed by atoms with Crippen molar-refractivity contribution in [1.82, 2.24) is 19.5 Å². The van der Waals surface area contributed by atoms with Crippen LogP contribution in [0.5, 0.6) is 0 Å². The summed E-state index contributed by atoms with van der Waals surface area (Å²) >= 11 is 0. The standard InChI is InChI=1S/C19H17N5O2/c1-3-10-23(12-14-6-4-13(2)5-7-14)19(26)16-8-9-21-18-15(17(20)25)11-22-24(16)18/h1,4-9,11H,10,12H2,2H3,(H2,20,25). The Morgan fingerprint density at radius 1 is 1.27 bits per heavy atom. The Morgan fingerprint density at radius 3 is 2.65 bits per heavy atom. The lowest BCUT2D eigenvalue weighted by atomic mass is 10.1. The van der Waals surface area contributed by atoms with Crippen molar-refractivity contribution in [2.75, 3.05) is 6.54 Å². The monoisotopic (exact) mass is 347 g/mol. The van der Waals surface area contributed by atoms with Crippen molar-refractivity contribution in [3.8, 4) is 12.3 Å². The number of aromatic nitrogens is 3. The van der Waals surface area contributed by atoms with E-state index in [0.29, 0.717) is 6.54 Å². The summed E-state index contributed by atoms with van der Waals surface area (Å²) in [5.41, 5.74) is 8.06. The number of terminal acetylenes is 1. The van der Waals surface area contributed by atoms with Gasteiger partial charge in [-0.25, -0.2) is 9.50 Å². The normalized spacial score (nSPS) is 10.5. The minimum atomic E-state index is -0.655. The van der Waals surface area contributed by atoms with Crippen LogP contribution in [0.2, 0.25) is 0 Å². The van der Waals surface area contributed by atoms with Crippen LogP contribution in [0.4, 0.5) is 0 Å². The second-order valence-corrected chi connectivity index (χ2v) is 5.84. The molecule has 0 unspecified atom stereocenters. The quantitative estimate of drug-likeness (QED) is 0.706. The highest BCUT2D eigenvalue weighted by Crippen LogP contribution is 2.14. The van der Waals surface area contributed by atoms with Gasteiger partial charge in [-0.3, -0.25) is 9.59 Å². The first-order valence-corrected chi connectivity index (χ1v) is 7.92. The van der Waals surface area contributed by atoms with Crippen LogP contribution in [0.15, 0.2) is 42.7 Å². The zero-order valence-corrected chi connectivity index (χ0v) is 14.2. The van der Waals surface area contributed by atoms with E-state index in [0.717, 1.165) is 11.1 Å². The smallest absolute Gasteiger partial charge is 0.273 e. The third-order valence-corrected chi connectivity index (χ3v) is 3.95. The number of benzene rings is 1. The van der Waals surface area contributed by atoms with Crippen molar-refractivity contribution >= 4 is 17.5 Å². The minimum Gasteiger partial charge on any atom is -0.365 e. The molecule has 0 saturated heterocycles. The molecule has 7 nitrogen and oxygen atoms in total. The fourth-order valence-corrected chi connectivity index (χ4v) is 2.61. The number of nitrogens with two attached hydrogens (primary N) is 1. The summed E-state index contributed by atoms with van der Waals surface area (Å²) in [7, 11) is 0. The van der Waals surface area contributed by atoms with Crippen molar-refractivity contribution in [1.29, 1.82) is 0 Å². The first-order chi connectivity index (χ1) is 12.5. The number of nitrogens with zero attached hydrogens (tertiary/aromatic N) is 4. The van der Waals surface area contributed by atoms with E-state index >= 15 is 0 Å². The van der Waals surface area contributed by atoms with E-state index in [-0.39, 0.29) is 29.4 Å². The molecule has 0 saturated carbocycles. The van der Waals surface area contributed by atoms with Crippen LogP contribution >= 0.6 is 0 Å². The summed E-state index contributed by atoms with van der Waals surface area (Å²) in [5, 5.41) is 4.08. The maximum absolute atomic E-state index is 13.0. The SMILES string of the molecule is C#CCN(Cc1ccc(C)cc1)C(=O)c1ccnc2c(C(N)=O)cnn12. The summed E-state index contributed by atoms with van der Waals surface area (Å²) in [6.07, 6.45) is 8.18. The van der Waals surface area contributed by atoms with E-state index < -0.39 is 5.91 Å². The van der Waals surface area contributed by atoms with Gasteiger partial charge >= 0.3 is 0 Å². The van der Waals surface area contributed by atoms with Gasteiger partial charge in [-0.15, -0.1) is 6.42 Å². The molecule has 2 heterocycles. The molecule has 0 radical (unpaired) electrons. The molecule has 26 heavy (non-hydrogen) atoms. The van der Waals surface area contributed by atoms with E-state index in [2.05, 4.69) is 16.0 Å². The van der Waals surface area contributed by atoms with Gasteiger partial charge in [-0.2, -0.15) is 5.10 Å². The predicted octanol–water partition coefficient (Wildman–Crippen LogP) is 1.41. The van der Waals surface area contributed by atoms with Crippen molar-refractivity contribution in [3.05, 3.63) is 65.1 Å². The van der Waals surface area contributed by atoms with E-state index in [1.54, 1.807) is 0 Å². The highest BCUT2D eigenvalue weighted by molar-refractivity contribution is 5.99. The number of fused-ring (bicyclic) bond motifs is 1. The fourth-order valence-electron chi connectivity index (χ4n) is 2.61. The van der Waals surface area contributed by atoms with Gasteiger partial charge in [0.2, 0.25) is 0 Å². The Labute approximate surface area is 150 Å². The highest BCUT2D eigenvalue weighted by Gasteiger charge is 2.21. The average Bonchev–Trinajstić information content (AvgIpc) is 3.07. The first kappa shape index (κ1) is 17.2. The Bertz CT molecular complexity index is 1010. The zero-order valence-electron chi connectivity index (χ0n) is 14.2. The molecule has 0 aliphatic rings. The number of hydrogen-bond acceptors (Lipinski definition) is 4. The van der Waals surface area contributed by atoms with Crippen LogP contribution < -0.4 is 5.73 Å². The molecular weight excluding hydrogens is 330 g/mol. The fraction of sp³-hybridized carbons (Fsp3) is 0.158. The van der Waals surface area contributed by atoms with Crippen LogP contribution in [-0.2, 0) is 6.54 Å². The topological polar surface area (TPSA) is 93.6 Å². The second kappa shape index (κ2) is 7.07. The number of carbonyl (C=O) groups is 2. The lowest BCUT2D eigenvalue weighted by Crippen LogP contribution is -2.32. The Morgan fingerprint density at radius 2 is 2.00 bits per heavy atom. The summed E-state index contributed by atoms with van der Waals surface area (Å²) in [6.45, 7) is 2.49. The van der Waals surface area contributed by atoms with Gasteiger partial charge in [0.25, 0.3) is 11.8 Å². The van der Waals surface area contributed by atoms with E-state index in [4.69, 9.17) is 12.2 Å². The second-order valence-electron chi connectivity index (χ2n) is 5.84. The molecule has 0 atom stereocenters. The lowest BCUT2D eigenvalue weighted by Gasteiger charge is -2.20. The lowest BCUT2D eigenvalue weighted by molar-refractivity contribution is 0.0756. The van der Waals surface area contributed by atoms with Gasteiger partial charge in [0.1, 0.15) is 11.3 Å². The number of primary amides is 1. The molecule has 0 aliphatic heterocycles. The maximum atomic E-state index is 13.0. The molecule has 3 rings (SSSR count). The van der Waals surface area contributed by atoms with Crippen LogP contribution in [-0.4, -0.2) is 37.9 Å². The number of hydrogen-bond donors (Lipinski definition) is 1. The van der Waals surface area contributed by atoms with Crippen molar-refractivity contribution in [2.24, 2.45) is 5.73 Å². The Hall–Kier alpha value is -3.66. The minimum absolute atomic E-state index is 0.139. The third-order valence-electron chi connectivity index (χ3n) is 3.95. The summed E-state index contributed by atoms with van der Waals surface area (Å²) < 4.78 is 1.31. The van der Waals surface area contributed by atoms with Gasteiger partial charge in [0, 0.05) is 12.7 Å². The van der Waals surface area contributed by atoms with Crippen molar-refractivity contribution in [3.63, 3.8) is 0 Å². The third kappa shape index (κ3) is 3.26. The molecule has 0 fully saturated rings. The summed E-state index contributed by atoms with van der Waals surface area (Å²) in [4.78, 5) is 30.1. The maximum Gasteiger partial charge on any atom is 0.273 e. The molecule has 0 spiro atoms. The molecule has 130 valence electrons. The number of carbonyl (C=O) groups excluding carboxylic acids is 2. The van der Waals surface area contributed by atoms with E-state index in [9.17, 15) is 9.59 Å². The largest absolute Gasteiger partial charge is 0.365 e. The van der Waals surface area contributed by atoms with Gasteiger partial charge in [-0.05, 0) is 18.6 Å². The number of aryl methyl sites for hydroxylation is 1.